The van der Waals surface area contributed by atoms with Gasteiger partial charge < -0.3 is 9.30 Å². The average molecular weight is 316 g/mol. The first-order valence-electron chi connectivity index (χ1n) is 6.43. The Morgan fingerprint density at radius 3 is 2.59 bits per heavy atom. The number of fused-ring (bicyclic) bond motifs is 1. The molecule has 0 radical (unpaired) electrons. The highest BCUT2D eigenvalue weighted by Gasteiger charge is 2.25. The van der Waals surface area contributed by atoms with Gasteiger partial charge in [-0.2, -0.15) is 0 Å². The number of hydrogen-bond acceptors (Lipinski definition) is 5. The molecular formula is C15H12N2O4S. The van der Waals surface area contributed by atoms with Crippen molar-refractivity contribution in [2.75, 3.05) is 7.11 Å². The summed E-state index contributed by atoms with van der Waals surface area (Å²) in [6.07, 6.45) is 1.64. The minimum atomic E-state index is -0.413. The van der Waals surface area contributed by atoms with Crippen LogP contribution >= 0.6 is 11.8 Å². The van der Waals surface area contributed by atoms with Crippen LogP contribution in [0.2, 0.25) is 0 Å². The van der Waals surface area contributed by atoms with E-state index in [0.29, 0.717) is 16.2 Å². The van der Waals surface area contributed by atoms with Crippen LogP contribution in [0.1, 0.15) is 5.56 Å². The maximum absolute atomic E-state index is 11.8. The number of ether oxygens (including phenoxy) is 1. The molecule has 112 valence electrons. The Labute approximate surface area is 129 Å². The standard InChI is InChI=1S/C15H12N2O4S/c1-17-12(18)6-4-9-8(3-5-10(21-2)13(9)17)7-11-14(19)16-15(20)22-11/h3-7H,1-2H3,(H,16,19,20). The Kier molecular flexibility index (Phi) is 3.50. The highest BCUT2D eigenvalue weighted by molar-refractivity contribution is 8.18. The van der Waals surface area contributed by atoms with E-state index in [2.05, 4.69) is 5.32 Å². The molecule has 1 fully saturated rings. The number of imide groups is 1. The molecule has 1 aliphatic heterocycles. The summed E-state index contributed by atoms with van der Waals surface area (Å²) in [5.41, 5.74) is 1.22. The van der Waals surface area contributed by atoms with Crippen molar-refractivity contribution in [3.63, 3.8) is 0 Å². The zero-order chi connectivity index (χ0) is 15.9. The summed E-state index contributed by atoms with van der Waals surface area (Å²) >= 11 is 0.856. The zero-order valence-corrected chi connectivity index (χ0v) is 12.7. The Bertz CT molecular complexity index is 898. The molecule has 2 amide bonds. The maximum Gasteiger partial charge on any atom is 0.290 e. The van der Waals surface area contributed by atoms with Crippen molar-refractivity contribution in [1.29, 1.82) is 0 Å². The highest BCUT2D eigenvalue weighted by atomic mass is 32.2. The minimum absolute atomic E-state index is 0.154. The van der Waals surface area contributed by atoms with Crippen LogP contribution in [0.15, 0.2) is 34.0 Å². The largest absolute Gasteiger partial charge is 0.495 e. The predicted molar refractivity (Wildman–Crippen MR) is 84.8 cm³/mol. The first-order valence-corrected chi connectivity index (χ1v) is 7.24. The van der Waals surface area contributed by atoms with Gasteiger partial charge >= 0.3 is 0 Å². The third-order valence-corrected chi connectivity index (χ3v) is 4.23. The van der Waals surface area contributed by atoms with Gasteiger partial charge in [0.05, 0.1) is 17.5 Å². The summed E-state index contributed by atoms with van der Waals surface area (Å²) < 4.78 is 6.80. The van der Waals surface area contributed by atoms with Crippen LogP contribution in [-0.4, -0.2) is 22.8 Å². The number of methoxy groups -OCH3 is 1. The fourth-order valence-electron chi connectivity index (χ4n) is 2.35. The van der Waals surface area contributed by atoms with Crippen LogP contribution in [0, 0.1) is 0 Å². The molecule has 1 aliphatic rings. The molecule has 6 nitrogen and oxygen atoms in total. The van der Waals surface area contributed by atoms with Crippen LogP contribution in [0.5, 0.6) is 5.75 Å². The molecule has 0 spiro atoms. The van der Waals surface area contributed by atoms with Crippen molar-refractivity contribution in [2.45, 2.75) is 0 Å². The number of hydrogen-bond donors (Lipinski definition) is 1. The van der Waals surface area contributed by atoms with Gasteiger partial charge in [0, 0.05) is 18.5 Å². The minimum Gasteiger partial charge on any atom is -0.495 e. The van der Waals surface area contributed by atoms with E-state index in [1.165, 1.54) is 17.7 Å². The summed E-state index contributed by atoms with van der Waals surface area (Å²) in [5, 5.41) is 2.59. The van der Waals surface area contributed by atoms with Crippen molar-refractivity contribution in [1.82, 2.24) is 9.88 Å². The van der Waals surface area contributed by atoms with Crippen LogP contribution < -0.4 is 15.6 Å². The number of pyridine rings is 1. The van der Waals surface area contributed by atoms with Gasteiger partial charge in [-0.15, -0.1) is 0 Å². The number of aromatic nitrogens is 1. The lowest BCUT2D eigenvalue weighted by Crippen LogP contribution is -2.18. The number of nitrogens with zero attached hydrogens (tertiary/aromatic N) is 1. The number of thioether (sulfide) groups is 1. The molecule has 1 saturated heterocycles. The second-order valence-electron chi connectivity index (χ2n) is 4.70. The molecular weight excluding hydrogens is 304 g/mol. The van der Waals surface area contributed by atoms with E-state index >= 15 is 0 Å². The van der Waals surface area contributed by atoms with Crippen molar-refractivity contribution in [3.05, 3.63) is 45.1 Å². The maximum atomic E-state index is 11.8. The summed E-state index contributed by atoms with van der Waals surface area (Å²) in [6.45, 7) is 0. The van der Waals surface area contributed by atoms with E-state index in [-0.39, 0.29) is 10.8 Å². The van der Waals surface area contributed by atoms with Crippen molar-refractivity contribution in [2.24, 2.45) is 7.05 Å². The monoisotopic (exact) mass is 316 g/mol. The summed E-state index contributed by atoms with van der Waals surface area (Å²) in [5.74, 6) is 0.153. The Morgan fingerprint density at radius 1 is 1.18 bits per heavy atom. The molecule has 2 aromatic rings. The van der Waals surface area contributed by atoms with Crippen LogP contribution in [-0.2, 0) is 11.8 Å². The smallest absolute Gasteiger partial charge is 0.290 e. The summed E-state index contributed by atoms with van der Waals surface area (Å²) in [7, 11) is 3.19. The van der Waals surface area contributed by atoms with Crippen LogP contribution in [0.3, 0.4) is 0 Å². The number of rotatable bonds is 2. The number of carbonyl (C=O) groups excluding carboxylic acids is 2. The molecule has 0 unspecified atom stereocenters. The molecule has 3 rings (SSSR count). The van der Waals surface area contributed by atoms with E-state index in [0.717, 1.165) is 22.7 Å². The molecule has 2 heterocycles. The third kappa shape index (κ3) is 2.29. The normalized spacial score (nSPS) is 16.4. The summed E-state index contributed by atoms with van der Waals surface area (Å²) in [4.78, 5) is 35.1. The fraction of sp³-hybridized carbons (Fsp3) is 0.133. The Hall–Kier alpha value is -2.54. The van der Waals surface area contributed by atoms with E-state index < -0.39 is 5.91 Å². The molecule has 7 heteroatoms. The average Bonchev–Trinajstić information content (AvgIpc) is 2.81. The van der Waals surface area contributed by atoms with Crippen molar-refractivity contribution in [3.8, 4) is 5.75 Å². The number of amides is 2. The van der Waals surface area contributed by atoms with Gasteiger partial charge in [-0.3, -0.25) is 19.7 Å². The van der Waals surface area contributed by atoms with Gasteiger partial charge in [0.15, 0.2) is 0 Å². The van der Waals surface area contributed by atoms with Gasteiger partial charge in [-0.1, -0.05) is 6.07 Å². The highest BCUT2D eigenvalue weighted by Crippen LogP contribution is 2.31. The SMILES string of the molecule is COc1ccc(C=C2SC(=O)NC2=O)c2ccc(=O)n(C)c12. The van der Waals surface area contributed by atoms with E-state index in [4.69, 9.17) is 4.74 Å². The first kappa shape index (κ1) is 14.4. The second-order valence-corrected chi connectivity index (χ2v) is 5.72. The number of benzene rings is 1. The quantitative estimate of drug-likeness (QED) is 0.856. The molecule has 22 heavy (non-hydrogen) atoms. The molecule has 0 atom stereocenters. The number of nitrogens with one attached hydrogen (secondary N) is 1. The van der Waals surface area contributed by atoms with Crippen LogP contribution in [0.4, 0.5) is 4.79 Å². The van der Waals surface area contributed by atoms with Crippen LogP contribution in [0.25, 0.3) is 17.0 Å². The predicted octanol–water partition coefficient (Wildman–Crippen LogP) is 1.87. The Morgan fingerprint density at radius 2 is 1.95 bits per heavy atom. The van der Waals surface area contributed by atoms with E-state index in [9.17, 15) is 14.4 Å². The van der Waals surface area contributed by atoms with Gasteiger partial charge in [0.1, 0.15) is 5.75 Å². The molecule has 1 N–H and O–H groups in total. The zero-order valence-electron chi connectivity index (χ0n) is 11.9. The molecule has 1 aromatic heterocycles. The Balaban J connectivity index is 2.27. The topological polar surface area (TPSA) is 77.4 Å². The summed E-state index contributed by atoms with van der Waals surface area (Å²) in [6, 6.07) is 6.66. The third-order valence-electron chi connectivity index (χ3n) is 3.42. The first-order chi connectivity index (χ1) is 10.5. The van der Waals surface area contributed by atoms with E-state index in [1.807, 2.05) is 0 Å². The molecule has 0 bridgehead atoms. The second kappa shape index (κ2) is 5.34. The van der Waals surface area contributed by atoms with Crippen molar-refractivity contribution >= 4 is 39.9 Å². The molecule has 0 saturated carbocycles. The fourth-order valence-corrected chi connectivity index (χ4v) is 3.03. The lowest BCUT2D eigenvalue weighted by molar-refractivity contribution is -0.115. The number of carbonyl (C=O) groups is 2. The van der Waals surface area contributed by atoms with Gasteiger partial charge in [-0.25, -0.2) is 0 Å². The molecule has 0 aliphatic carbocycles. The van der Waals surface area contributed by atoms with Gasteiger partial charge in [0.25, 0.3) is 16.7 Å². The lowest BCUT2D eigenvalue weighted by atomic mass is 10.1. The molecule has 1 aromatic carbocycles. The lowest BCUT2D eigenvalue weighted by Gasteiger charge is -2.11. The van der Waals surface area contributed by atoms with Gasteiger partial charge in [0.2, 0.25) is 0 Å². The van der Waals surface area contributed by atoms with Crippen molar-refractivity contribution < 1.29 is 14.3 Å². The van der Waals surface area contributed by atoms with Gasteiger partial charge in [-0.05, 0) is 35.5 Å². The number of aryl methyl sites for hydroxylation is 1. The van der Waals surface area contributed by atoms with E-state index in [1.54, 1.807) is 31.3 Å².